The number of ether oxygens (including phenoxy) is 3. The van der Waals surface area contributed by atoms with Gasteiger partial charge in [0.2, 0.25) is 5.91 Å². The summed E-state index contributed by atoms with van der Waals surface area (Å²) in [6.45, 7) is 8.50. The average Bonchev–Trinajstić information content (AvgIpc) is 2.66. The molecular formula is C20H32N2O4. The van der Waals surface area contributed by atoms with Crippen molar-refractivity contribution in [1.82, 2.24) is 10.2 Å². The Hall–Kier alpha value is -1.79. The van der Waals surface area contributed by atoms with Gasteiger partial charge in [0.25, 0.3) is 0 Å². The zero-order chi connectivity index (χ0) is 18.9. The summed E-state index contributed by atoms with van der Waals surface area (Å²) < 4.78 is 16.0. The Labute approximate surface area is 156 Å². The fourth-order valence-electron chi connectivity index (χ4n) is 3.27. The van der Waals surface area contributed by atoms with Gasteiger partial charge in [-0.1, -0.05) is 13.8 Å². The monoisotopic (exact) mass is 364 g/mol. The molecular weight excluding hydrogens is 332 g/mol. The molecule has 1 atom stereocenters. The maximum absolute atomic E-state index is 12.3. The molecule has 1 aliphatic heterocycles. The normalized spacial score (nSPS) is 16.3. The molecule has 2 rings (SSSR count). The minimum absolute atomic E-state index is 0.0747. The van der Waals surface area contributed by atoms with Crippen LogP contribution in [0.5, 0.6) is 11.5 Å². The van der Waals surface area contributed by atoms with Crippen molar-refractivity contribution >= 4 is 5.91 Å². The van der Waals surface area contributed by atoms with Crippen molar-refractivity contribution in [3.05, 3.63) is 23.8 Å². The van der Waals surface area contributed by atoms with Gasteiger partial charge in [0.15, 0.2) is 0 Å². The highest BCUT2D eigenvalue weighted by Gasteiger charge is 2.24. The van der Waals surface area contributed by atoms with Crippen LogP contribution >= 0.6 is 0 Å². The number of morpholine rings is 1. The van der Waals surface area contributed by atoms with Crippen molar-refractivity contribution in [3.63, 3.8) is 0 Å². The van der Waals surface area contributed by atoms with Crippen LogP contribution in [0.15, 0.2) is 18.2 Å². The highest BCUT2D eigenvalue weighted by molar-refractivity contribution is 5.76. The second kappa shape index (κ2) is 10.4. The van der Waals surface area contributed by atoms with E-state index in [0.717, 1.165) is 43.4 Å². The molecule has 1 heterocycles. The van der Waals surface area contributed by atoms with E-state index >= 15 is 0 Å². The van der Waals surface area contributed by atoms with Gasteiger partial charge in [-0.25, -0.2) is 0 Å². The number of benzene rings is 1. The van der Waals surface area contributed by atoms with Crippen LogP contribution in [0.1, 0.15) is 25.8 Å². The lowest BCUT2D eigenvalue weighted by molar-refractivity contribution is -0.121. The van der Waals surface area contributed by atoms with Crippen molar-refractivity contribution in [1.29, 1.82) is 0 Å². The highest BCUT2D eigenvalue weighted by Crippen LogP contribution is 2.23. The smallest absolute Gasteiger partial charge is 0.220 e. The van der Waals surface area contributed by atoms with E-state index in [1.807, 2.05) is 18.2 Å². The van der Waals surface area contributed by atoms with Crippen LogP contribution in [-0.2, 0) is 16.0 Å². The Kier molecular flexibility index (Phi) is 8.19. The maximum atomic E-state index is 12.3. The first kappa shape index (κ1) is 20.5. The third-order valence-electron chi connectivity index (χ3n) is 4.84. The number of nitrogens with one attached hydrogen (secondary N) is 1. The van der Waals surface area contributed by atoms with Gasteiger partial charge >= 0.3 is 0 Å². The summed E-state index contributed by atoms with van der Waals surface area (Å²) in [5.74, 6) is 2.04. The predicted molar refractivity (Wildman–Crippen MR) is 102 cm³/mol. The van der Waals surface area contributed by atoms with Crippen LogP contribution in [0, 0.1) is 5.92 Å². The number of rotatable bonds is 9. The lowest BCUT2D eigenvalue weighted by atomic mass is 10.0. The number of aryl methyl sites for hydroxylation is 1. The Morgan fingerprint density at radius 2 is 1.77 bits per heavy atom. The Morgan fingerprint density at radius 1 is 1.15 bits per heavy atom. The van der Waals surface area contributed by atoms with E-state index < -0.39 is 0 Å². The molecule has 1 aliphatic rings. The fraction of sp³-hybridized carbons (Fsp3) is 0.650. The van der Waals surface area contributed by atoms with E-state index in [2.05, 4.69) is 24.1 Å². The number of carbonyl (C=O) groups is 1. The summed E-state index contributed by atoms with van der Waals surface area (Å²) in [5, 5.41) is 3.10. The van der Waals surface area contributed by atoms with E-state index in [1.54, 1.807) is 14.2 Å². The van der Waals surface area contributed by atoms with E-state index in [1.165, 1.54) is 0 Å². The summed E-state index contributed by atoms with van der Waals surface area (Å²) in [6.07, 6.45) is 1.10. The first-order valence-electron chi connectivity index (χ1n) is 9.34. The van der Waals surface area contributed by atoms with Gasteiger partial charge < -0.3 is 19.5 Å². The molecule has 1 fully saturated rings. The van der Waals surface area contributed by atoms with E-state index in [-0.39, 0.29) is 5.91 Å². The van der Waals surface area contributed by atoms with Crippen molar-refractivity contribution in [2.45, 2.75) is 32.7 Å². The number of methoxy groups -OCH3 is 2. The zero-order valence-electron chi connectivity index (χ0n) is 16.4. The molecule has 0 spiro atoms. The molecule has 26 heavy (non-hydrogen) atoms. The van der Waals surface area contributed by atoms with Crippen LogP contribution in [0.2, 0.25) is 0 Å². The van der Waals surface area contributed by atoms with Crippen molar-refractivity contribution in [2.75, 3.05) is 47.1 Å². The van der Waals surface area contributed by atoms with Crippen LogP contribution in [-0.4, -0.2) is 63.9 Å². The van der Waals surface area contributed by atoms with Crippen LogP contribution in [0.4, 0.5) is 0 Å². The molecule has 0 bridgehead atoms. The quantitative estimate of drug-likeness (QED) is 0.727. The lowest BCUT2D eigenvalue weighted by Crippen LogP contribution is -2.51. The van der Waals surface area contributed by atoms with Gasteiger partial charge in [0.05, 0.1) is 27.4 Å². The van der Waals surface area contributed by atoms with Gasteiger partial charge in [0, 0.05) is 38.2 Å². The maximum Gasteiger partial charge on any atom is 0.220 e. The minimum atomic E-state index is 0.0747. The molecule has 0 saturated carbocycles. The van der Waals surface area contributed by atoms with Crippen molar-refractivity contribution in [3.8, 4) is 11.5 Å². The molecule has 1 saturated heterocycles. The van der Waals surface area contributed by atoms with Crippen LogP contribution in [0.25, 0.3) is 0 Å². The first-order chi connectivity index (χ1) is 12.5. The third-order valence-corrected chi connectivity index (χ3v) is 4.84. The van der Waals surface area contributed by atoms with Gasteiger partial charge in [-0.15, -0.1) is 0 Å². The summed E-state index contributed by atoms with van der Waals surface area (Å²) in [6, 6.07) is 6.07. The molecule has 146 valence electrons. The Bertz CT molecular complexity index is 549. The molecule has 0 radical (unpaired) electrons. The summed E-state index contributed by atoms with van der Waals surface area (Å²) >= 11 is 0. The molecule has 6 heteroatoms. The largest absolute Gasteiger partial charge is 0.497 e. The number of carbonyl (C=O) groups excluding carboxylic acids is 1. The topological polar surface area (TPSA) is 60.0 Å². The fourth-order valence-corrected chi connectivity index (χ4v) is 3.27. The van der Waals surface area contributed by atoms with Crippen molar-refractivity contribution in [2.24, 2.45) is 5.92 Å². The number of hydrogen-bond acceptors (Lipinski definition) is 5. The zero-order valence-corrected chi connectivity index (χ0v) is 16.4. The van der Waals surface area contributed by atoms with Gasteiger partial charge in [-0.3, -0.25) is 9.69 Å². The second-order valence-electron chi connectivity index (χ2n) is 6.98. The van der Waals surface area contributed by atoms with Gasteiger partial charge in [-0.05, 0) is 30.0 Å². The van der Waals surface area contributed by atoms with Crippen LogP contribution in [0.3, 0.4) is 0 Å². The minimum Gasteiger partial charge on any atom is -0.497 e. The molecule has 0 aromatic heterocycles. The number of hydrogen-bond donors (Lipinski definition) is 1. The molecule has 1 aromatic rings. The Morgan fingerprint density at radius 3 is 2.31 bits per heavy atom. The summed E-state index contributed by atoms with van der Waals surface area (Å²) in [4.78, 5) is 14.7. The standard InChI is InChI=1S/C20H32N2O4/c1-15(2)19(22-7-9-26-10-8-22)14-21-20(23)6-5-16-11-17(24-3)13-18(12-16)25-4/h11-13,15,19H,5-10,14H2,1-4H3,(H,21,23). The van der Waals surface area contributed by atoms with E-state index in [4.69, 9.17) is 14.2 Å². The number of nitrogens with zero attached hydrogens (tertiary/aromatic N) is 1. The molecule has 1 amide bonds. The molecule has 1 unspecified atom stereocenters. The lowest BCUT2D eigenvalue weighted by Gasteiger charge is -2.36. The summed E-state index contributed by atoms with van der Waals surface area (Å²) in [5.41, 5.74) is 1.03. The van der Waals surface area contributed by atoms with Gasteiger partial charge in [0.1, 0.15) is 11.5 Å². The van der Waals surface area contributed by atoms with Crippen LogP contribution < -0.4 is 14.8 Å². The third kappa shape index (κ3) is 6.18. The summed E-state index contributed by atoms with van der Waals surface area (Å²) in [7, 11) is 3.26. The van der Waals surface area contributed by atoms with Crippen molar-refractivity contribution < 1.29 is 19.0 Å². The first-order valence-corrected chi connectivity index (χ1v) is 9.34. The van der Waals surface area contributed by atoms with E-state index in [0.29, 0.717) is 31.3 Å². The van der Waals surface area contributed by atoms with E-state index in [9.17, 15) is 4.79 Å². The van der Waals surface area contributed by atoms with Gasteiger partial charge in [-0.2, -0.15) is 0 Å². The highest BCUT2D eigenvalue weighted by atomic mass is 16.5. The molecule has 1 N–H and O–H groups in total. The SMILES string of the molecule is COc1cc(CCC(=O)NCC(C(C)C)N2CCOCC2)cc(OC)c1. The molecule has 6 nitrogen and oxygen atoms in total. The predicted octanol–water partition coefficient (Wildman–Crippen LogP) is 2.11. The Balaban J connectivity index is 1.84. The molecule has 1 aromatic carbocycles. The average molecular weight is 364 g/mol. The number of amides is 1. The molecule has 0 aliphatic carbocycles. The second-order valence-corrected chi connectivity index (χ2v) is 6.98.